The van der Waals surface area contributed by atoms with Gasteiger partial charge in [-0.2, -0.15) is 4.99 Å². The molecule has 5 rings (SSSR count). The fourth-order valence-corrected chi connectivity index (χ4v) is 5.83. The summed E-state index contributed by atoms with van der Waals surface area (Å²) in [6.07, 6.45) is 2.78. The number of carbonyl (C=O) groups is 2. The van der Waals surface area contributed by atoms with Crippen molar-refractivity contribution in [3.05, 3.63) is 95.3 Å². The summed E-state index contributed by atoms with van der Waals surface area (Å²) in [4.78, 5) is 36.3. The number of anilines is 1. The van der Waals surface area contributed by atoms with Crippen LogP contribution in [0.4, 0.5) is 5.69 Å². The van der Waals surface area contributed by atoms with Crippen LogP contribution in [0.15, 0.2) is 78.0 Å². The molecule has 1 fully saturated rings. The normalized spacial score (nSPS) is 15.2. The Balaban J connectivity index is 1.23. The van der Waals surface area contributed by atoms with Crippen LogP contribution >= 0.6 is 11.8 Å². The molecule has 0 bridgehead atoms. The highest BCUT2D eigenvalue weighted by atomic mass is 32.2. The van der Waals surface area contributed by atoms with Gasteiger partial charge < -0.3 is 0 Å². The van der Waals surface area contributed by atoms with E-state index in [-0.39, 0.29) is 29.4 Å². The van der Waals surface area contributed by atoms with Crippen molar-refractivity contribution in [1.29, 1.82) is 0 Å². The average Bonchev–Trinajstić information content (AvgIpc) is 3.56. The lowest BCUT2D eigenvalue weighted by Gasteiger charge is -2.22. The lowest BCUT2D eigenvalue weighted by Crippen LogP contribution is -2.31. The standard InChI is InChI=1S/C33H35N5O2S/c1-21(2)28-15-8-23(4)17-29(28)38-31(40)19-41-33(38)35-30(39)18-24(5)16-25-9-11-26(12-10-25)32-34-20-37(36-32)27-13-6-22(3)7-14-27/h6-15,17,20-21,24H,16,18-19H2,1-5H3. The van der Waals surface area contributed by atoms with E-state index >= 15 is 0 Å². The highest BCUT2D eigenvalue weighted by molar-refractivity contribution is 8.15. The van der Waals surface area contributed by atoms with Crippen molar-refractivity contribution in [2.24, 2.45) is 10.9 Å². The lowest BCUT2D eigenvalue weighted by atomic mass is 9.97. The molecule has 2 heterocycles. The molecule has 3 aromatic carbocycles. The lowest BCUT2D eigenvalue weighted by molar-refractivity contribution is -0.118. The highest BCUT2D eigenvalue weighted by Gasteiger charge is 2.32. The zero-order chi connectivity index (χ0) is 29.1. The first-order valence-corrected chi connectivity index (χ1v) is 14.9. The first-order chi connectivity index (χ1) is 19.7. The smallest absolute Gasteiger partial charge is 0.248 e. The third kappa shape index (κ3) is 6.65. The molecule has 1 aromatic heterocycles. The molecule has 4 aromatic rings. The van der Waals surface area contributed by atoms with Gasteiger partial charge in [0.25, 0.3) is 0 Å². The number of hydrogen-bond acceptors (Lipinski definition) is 5. The molecule has 7 nitrogen and oxygen atoms in total. The Hall–Kier alpha value is -4.04. The van der Waals surface area contributed by atoms with Gasteiger partial charge in [-0.05, 0) is 67.0 Å². The number of benzene rings is 3. The average molecular weight is 566 g/mol. The van der Waals surface area contributed by atoms with E-state index in [0.29, 0.717) is 17.4 Å². The van der Waals surface area contributed by atoms with Crippen molar-refractivity contribution in [2.45, 2.75) is 53.4 Å². The molecule has 1 atom stereocenters. The molecule has 210 valence electrons. The van der Waals surface area contributed by atoms with Crippen LogP contribution < -0.4 is 4.90 Å². The Morgan fingerprint density at radius 1 is 0.976 bits per heavy atom. The zero-order valence-electron chi connectivity index (χ0n) is 24.2. The van der Waals surface area contributed by atoms with Crippen LogP contribution in [-0.2, 0) is 16.0 Å². The van der Waals surface area contributed by atoms with Gasteiger partial charge >= 0.3 is 0 Å². The minimum Gasteiger partial charge on any atom is -0.273 e. The van der Waals surface area contributed by atoms with E-state index in [2.05, 4.69) is 79.2 Å². The van der Waals surface area contributed by atoms with Crippen molar-refractivity contribution >= 4 is 34.4 Å². The van der Waals surface area contributed by atoms with Gasteiger partial charge in [0, 0.05) is 12.0 Å². The molecule has 8 heteroatoms. The predicted molar refractivity (Wildman–Crippen MR) is 167 cm³/mol. The Bertz CT molecular complexity index is 1590. The molecule has 1 saturated heterocycles. The third-order valence-corrected chi connectivity index (χ3v) is 8.07. The second-order valence-electron chi connectivity index (χ2n) is 11.1. The van der Waals surface area contributed by atoms with Gasteiger partial charge in [0.1, 0.15) is 6.33 Å². The molecule has 0 N–H and O–H groups in total. The van der Waals surface area contributed by atoms with Crippen LogP contribution in [-0.4, -0.2) is 37.5 Å². The summed E-state index contributed by atoms with van der Waals surface area (Å²) in [6, 6.07) is 22.4. The van der Waals surface area contributed by atoms with Crippen LogP contribution in [0.5, 0.6) is 0 Å². The number of thioether (sulfide) groups is 1. The molecular weight excluding hydrogens is 530 g/mol. The number of aromatic nitrogens is 3. The van der Waals surface area contributed by atoms with Gasteiger partial charge in [0.05, 0.1) is 17.1 Å². The SMILES string of the molecule is Cc1ccc(-n2cnc(-c3ccc(CC(C)CC(=O)N=C4SCC(=O)N4c4cc(C)ccc4C(C)C)cc3)n2)cc1. The van der Waals surface area contributed by atoms with Gasteiger partial charge in [0.2, 0.25) is 11.8 Å². The third-order valence-electron chi connectivity index (χ3n) is 7.14. The first-order valence-electron chi connectivity index (χ1n) is 13.9. The maximum absolute atomic E-state index is 13.0. The zero-order valence-corrected chi connectivity index (χ0v) is 25.0. The summed E-state index contributed by atoms with van der Waals surface area (Å²) >= 11 is 1.33. The summed E-state index contributed by atoms with van der Waals surface area (Å²) in [5.41, 5.74) is 7.20. The van der Waals surface area contributed by atoms with Crippen molar-refractivity contribution in [3.8, 4) is 17.1 Å². The summed E-state index contributed by atoms with van der Waals surface area (Å²) in [5.74, 6) is 1.04. The van der Waals surface area contributed by atoms with Gasteiger partial charge in [-0.1, -0.05) is 86.6 Å². The van der Waals surface area contributed by atoms with Gasteiger partial charge in [-0.25, -0.2) is 9.67 Å². The van der Waals surface area contributed by atoms with Crippen LogP contribution in [0.1, 0.15) is 55.4 Å². The van der Waals surface area contributed by atoms with Crippen LogP contribution in [0, 0.1) is 19.8 Å². The van der Waals surface area contributed by atoms with Crippen molar-refractivity contribution < 1.29 is 9.59 Å². The van der Waals surface area contributed by atoms with E-state index in [9.17, 15) is 9.59 Å². The summed E-state index contributed by atoms with van der Waals surface area (Å²) < 4.78 is 1.78. The number of carbonyl (C=O) groups excluding carboxylic acids is 2. The fraction of sp³-hybridized carbons (Fsp3) is 0.303. The second-order valence-corrected chi connectivity index (χ2v) is 12.0. The maximum Gasteiger partial charge on any atom is 0.248 e. The minimum atomic E-state index is -0.207. The Morgan fingerprint density at radius 3 is 2.39 bits per heavy atom. The molecule has 0 aliphatic carbocycles. The van der Waals surface area contributed by atoms with Gasteiger partial charge in [0.15, 0.2) is 11.0 Å². The number of amidine groups is 1. The van der Waals surface area contributed by atoms with Crippen LogP contribution in [0.25, 0.3) is 17.1 Å². The Morgan fingerprint density at radius 2 is 1.68 bits per heavy atom. The number of amides is 2. The molecule has 1 aliphatic rings. The van der Waals surface area contributed by atoms with Crippen LogP contribution in [0.3, 0.4) is 0 Å². The molecule has 41 heavy (non-hydrogen) atoms. The minimum absolute atomic E-state index is 0.0413. The number of nitrogens with zero attached hydrogens (tertiary/aromatic N) is 5. The molecule has 1 unspecified atom stereocenters. The van der Waals surface area contributed by atoms with E-state index in [1.807, 2.05) is 37.3 Å². The Kier molecular flexibility index (Phi) is 8.49. The number of aryl methyl sites for hydroxylation is 2. The van der Waals surface area contributed by atoms with E-state index in [0.717, 1.165) is 40.0 Å². The molecule has 0 saturated carbocycles. The fourth-order valence-electron chi connectivity index (χ4n) is 4.95. The topological polar surface area (TPSA) is 80.4 Å². The number of hydrogen-bond donors (Lipinski definition) is 0. The highest BCUT2D eigenvalue weighted by Crippen LogP contribution is 2.34. The second kappa shape index (κ2) is 12.2. The maximum atomic E-state index is 13.0. The van der Waals surface area contributed by atoms with E-state index in [4.69, 9.17) is 0 Å². The van der Waals surface area contributed by atoms with E-state index in [1.165, 1.54) is 17.3 Å². The summed E-state index contributed by atoms with van der Waals surface area (Å²) in [6.45, 7) is 10.3. The van der Waals surface area contributed by atoms with Crippen LogP contribution in [0.2, 0.25) is 0 Å². The molecular formula is C33H35N5O2S. The van der Waals surface area contributed by atoms with E-state index < -0.39 is 0 Å². The largest absolute Gasteiger partial charge is 0.273 e. The molecule has 2 amide bonds. The monoisotopic (exact) mass is 565 g/mol. The van der Waals surface area contributed by atoms with Crippen molar-refractivity contribution in [3.63, 3.8) is 0 Å². The molecule has 0 radical (unpaired) electrons. The predicted octanol–water partition coefficient (Wildman–Crippen LogP) is 6.91. The van der Waals surface area contributed by atoms with Gasteiger partial charge in [-0.15, -0.1) is 5.10 Å². The Labute approximate surface area is 245 Å². The first kappa shape index (κ1) is 28.5. The number of aliphatic imine (C=N–C) groups is 1. The number of rotatable bonds is 8. The summed E-state index contributed by atoms with van der Waals surface area (Å²) in [5, 5.41) is 5.10. The van der Waals surface area contributed by atoms with Crippen molar-refractivity contribution in [1.82, 2.24) is 14.8 Å². The summed E-state index contributed by atoms with van der Waals surface area (Å²) in [7, 11) is 0. The molecule has 0 spiro atoms. The quantitative estimate of drug-likeness (QED) is 0.232. The van der Waals surface area contributed by atoms with Crippen molar-refractivity contribution in [2.75, 3.05) is 10.7 Å². The van der Waals surface area contributed by atoms with E-state index in [1.54, 1.807) is 15.9 Å². The van der Waals surface area contributed by atoms with Gasteiger partial charge in [-0.3, -0.25) is 14.5 Å². The molecule has 1 aliphatic heterocycles.